The molecule has 0 aromatic carbocycles. The molecule has 0 fully saturated rings. The Balaban J connectivity index is 0.00000242. The molecule has 2 unspecified atom stereocenters. The van der Waals surface area contributed by atoms with E-state index in [2.05, 4.69) is 0 Å². The van der Waals surface area contributed by atoms with Crippen molar-refractivity contribution in [1.82, 2.24) is 0 Å². The van der Waals surface area contributed by atoms with Gasteiger partial charge in [0.1, 0.15) is 6.61 Å². The topological polar surface area (TPSA) is 71.1 Å². The molecule has 122 valence electrons. The molecule has 2 heterocycles. The van der Waals surface area contributed by atoms with Crippen molar-refractivity contribution in [3.05, 3.63) is 10.8 Å². The van der Waals surface area contributed by atoms with Gasteiger partial charge in [-0.25, -0.2) is 8.42 Å². The van der Waals surface area contributed by atoms with Crippen LogP contribution >= 0.6 is 11.3 Å². The second-order valence-electron chi connectivity index (χ2n) is 4.75. The average Bonchev–Trinajstić information content (AvgIpc) is 2.90. The SMILES string of the molecule is CCCC(CCOCC1COc2cscc2O1)O[SH](=O)=O.[NaH]. The van der Waals surface area contributed by atoms with Gasteiger partial charge in [0.15, 0.2) is 17.6 Å². The standard InChI is InChI=1S/C13H20O6S2.Na.H/c1-2-3-10(19-21(14)15)4-5-16-6-11-7-17-12-8-20-9-13(12)18-11;;/h8-11,21H,2-7H2,1H3;;. The van der Waals surface area contributed by atoms with E-state index in [4.69, 9.17) is 18.4 Å². The van der Waals surface area contributed by atoms with Gasteiger partial charge in [-0.15, -0.1) is 11.3 Å². The maximum absolute atomic E-state index is 10.6. The minimum absolute atomic E-state index is 0. The van der Waals surface area contributed by atoms with Gasteiger partial charge in [-0.3, -0.25) is 4.18 Å². The molecule has 0 bridgehead atoms. The fourth-order valence-electron chi connectivity index (χ4n) is 2.07. The summed E-state index contributed by atoms with van der Waals surface area (Å²) in [5.41, 5.74) is 0. The fourth-order valence-corrected chi connectivity index (χ4v) is 3.19. The van der Waals surface area contributed by atoms with E-state index in [1.807, 2.05) is 17.7 Å². The number of fused-ring (bicyclic) bond motifs is 1. The van der Waals surface area contributed by atoms with Crippen molar-refractivity contribution in [2.45, 2.75) is 38.4 Å². The predicted octanol–water partition coefficient (Wildman–Crippen LogP) is 1.36. The molecule has 0 radical (unpaired) electrons. The molecule has 1 aliphatic rings. The van der Waals surface area contributed by atoms with Gasteiger partial charge in [0.25, 0.3) is 11.0 Å². The Labute approximate surface area is 158 Å². The summed E-state index contributed by atoms with van der Waals surface area (Å²) >= 11 is 1.54. The van der Waals surface area contributed by atoms with E-state index in [1.54, 1.807) is 0 Å². The zero-order valence-electron chi connectivity index (χ0n) is 11.9. The Kier molecular flexibility index (Phi) is 9.97. The van der Waals surface area contributed by atoms with E-state index in [9.17, 15) is 8.42 Å². The van der Waals surface area contributed by atoms with Gasteiger partial charge in [-0.1, -0.05) is 13.3 Å². The molecule has 0 spiro atoms. The van der Waals surface area contributed by atoms with E-state index in [-0.39, 0.29) is 41.8 Å². The van der Waals surface area contributed by atoms with E-state index in [0.717, 1.165) is 17.9 Å². The molecule has 0 saturated heterocycles. The van der Waals surface area contributed by atoms with Crippen LogP contribution in [0.4, 0.5) is 0 Å². The Morgan fingerprint density at radius 1 is 1.36 bits per heavy atom. The van der Waals surface area contributed by atoms with Crippen molar-refractivity contribution in [2.24, 2.45) is 0 Å². The van der Waals surface area contributed by atoms with Crippen LogP contribution in [0.5, 0.6) is 11.5 Å². The van der Waals surface area contributed by atoms with Gasteiger partial charge in [0.05, 0.1) is 12.7 Å². The third-order valence-corrected chi connectivity index (χ3v) is 4.22. The number of ether oxygens (including phenoxy) is 3. The molecular weight excluding hydrogens is 339 g/mol. The third-order valence-electron chi connectivity index (χ3n) is 3.05. The van der Waals surface area contributed by atoms with Crippen LogP contribution in [0, 0.1) is 0 Å². The first-order valence-electron chi connectivity index (χ1n) is 6.93. The molecule has 1 aromatic heterocycles. The predicted molar refractivity (Wildman–Crippen MR) is 86.9 cm³/mol. The molecule has 2 rings (SSSR count). The van der Waals surface area contributed by atoms with Crippen molar-refractivity contribution in [2.75, 3.05) is 19.8 Å². The molecular formula is C13H21NaO6S2. The van der Waals surface area contributed by atoms with Gasteiger partial charge in [-0.05, 0) is 12.8 Å². The summed E-state index contributed by atoms with van der Waals surface area (Å²) in [5.74, 6) is 1.54. The van der Waals surface area contributed by atoms with E-state index < -0.39 is 11.0 Å². The second-order valence-corrected chi connectivity index (χ2v) is 6.16. The van der Waals surface area contributed by atoms with Crippen LogP contribution in [0.15, 0.2) is 10.8 Å². The van der Waals surface area contributed by atoms with Gasteiger partial charge < -0.3 is 14.2 Å². The Bertz CT molecular complexity index is 496. The normalized spacial score (nSPS) is 18.0. The average molecular weight is 360 g/mol. The van der Waals surface area contributed by atoms with Gasteiger partial charge in [0, 0.05) is 17.4 Å². The second kappa shape index (κ2) is 10.9. The number of hydrogen-bond donors (Lipinski definition) is 1. The van der Waals surface area contributed by atoms with Crippen LogP contribution in [0.25, 0.3) is 0 Å². The van der Waals surface area contributed by atoms with Gasteiger partial charge >= 0.3 is 29.6 Å². The van der Waals surface area contributed by atoms with Crippen LogP contribution < -0.4 is 9.47 Å². The van der Waals surface area contributed by atoms with Crippen molar-refractivity contribution in [3.63, 3.8) is 0 Å². The molecule has 22 heavy (non-hydrogen) atoms. The first-order chi connectivity index (χ1) is 10.2. The van der Waals surface area contributed by atoms with Crippen LogP contribution in [0.2, 0.25) is 0 Å². The van der Waals surface area contributed by atoms with Crippen molar-refractivity contribution in [3.8, 4) is 11.5 Å². The van der Waals surface area contributed by atoms with Crippen molar-refractivity contribution >= 4 is 51.9 Å². The van der Waals surface area contributed by atoms with Crippen LogP contribution in [0.1, 0.15) is 26.2 Å². The van der Waals surface area contributed by atoms with E-state index >= 15 is 0 Å². The number of hydrogen-bond acceptors (Lipinski definition) is 7. The molecule has 0 amide bonds. The molecule has 0 saturated carbocycles. The summed E-state index contributed by atoms with van der Waals surface area (Å²) in [5, 5.41) is 3.81. The van der Waals surface area contributed by atoms with E-state index in [0.29, 0.717) is 32.7 Å². The van der Waals surface area contributed by atoms with Crippen LogP contribution in [-0.2, 0) is 19.9 Å². The number of thiophene rings is 1. The number of rotatable bonds is 9. The molecule has 1 aromatic rings. The molecule has 1 aliphatic heterocycles. The van der Waals surface area contributed by atoms with Crippen molar-refractivity contribution < 1.29 is 26.8 Å². The quantitative estimate of drug-likeness (QED) is 0.407. The molecule has 0 N–H and O–H groups in total. The summed E-state index contributed by atoms with van der Waals surface area (Å²) < 4.78 is 42.8. The van der Waals surface area contributed by atoms with Crippen molar-refractivity contribution in [1.29, 1.82) is 0 Å². The first kappa shape index (κ1) is 20.2. The Morgan fingerprint density at radius 3 is 2.86 bits per heavy atom. The summed E-state index contributed by atoms with van der Waals surface area (Å²) in [6, 6.07) is 0. The van der Waals surface area contributed by atoms with Crippen LogP contribution in [-0.4, -0.2) is 70.0 Å². The summed E-state index contributed by atoms with van der Waals surface area (Å²) in [4.78, 5) is 0. The fraction of sp³-hybridized carbons (Fsp3) is 0.692. The number of thiol groups is 1. The molecule has 9 heteroatoms. The minimum atomic E-state index is -2.81. The van der Waals surface area contributed by atoms with E-state index in [1.165, 1.54) is 11.3 Å². The molecule has 2 atom stereocenters. The monoisotopic (exact) mass is 360 g/mol. The summed E-state index contributed by atoms with van der Waals surface area (Å²) in [6.07, 6.45) is 1.69. The zero-order valence-corrected chi connectivity index (χ0v) is 13.6. The third kappa shape index (κ3) is 6.74. The van der Waals surface area contributed by atoms with Crippen LogP contribution in [0.3, 0.4) is 0 Å². The Hall–Kier alpha value is 0.170. The summed E-state index contributed by atoms with van der Waals surface area (Å²) in [6.45, 7) is 3.30. The molecule has 0 aliphatic carbocycles. The Morgan fingerprint density at radius 2 is 2.14 bits per heavy atom. The maximum atomic E-state index is 10.6. The summed E-state index contributed by atoms with van der Waals surface area (Å²) in [7, 11) is -2.81. The van der Waals surface area contributed by atoms with Gasteiger partial charge in [0.2, 0.25) is 0 Å². The first-order valence-corrected chi connectivity index (χ1v) is 8.97. The van der Waals surface area contributed by atoms with Gasteiger partial charge in [-0.2, -0.15) is 0 Å². The zero-order chi connectivity index (χ0) is 15.1. The molecule has 6 nitrogen and oxygen atoms in total.